The van der Waals surface area contributed by atoms with E-state index in [9.17, 15) is 0 Å². The fraction of sp³-hybridized carbons (Fsp3) is 1.00. The molecule has 2 unspecified atom stereocenters. The highest BCUT2D eigenvalue weighted by Gasteiger charge is 2.20. The second-order valence-corrected chi connectivity index (χ2v) is 2.41. The van der Waals surface area contributed by atoms with E-state index in [-0.39, 0.29) is 6.04 Å². The van der Waals surface area contributed by atoms with Gasteiger partial charge in [0.05, 0.1) is 6.04 Å². The van der Waals surface area contributed by atoms with Gasteiger partial charge in [-0.1, -0.05) is 12.0 Å². The summed E-state index contributed by atoms with van der Waals surface area (Å²) in [4.78, 5) is 2.75. The summed E-state index contributed by atoms with van der Waals surface area (Å²) in [6.45, 7) is 3.90. The average molecular weight is 126 g/mol. The molecule has 0 radical (unpaired) electrons. The summed E-state index contributed by atoms with van der Waals surface area (Å²) in [7, 11) is 0. The first kappa shape index (κ1) is 6.39. The quantitative estimate of drug-likeness (QED) is 0.317. The molecule has 50 valence electrons. The van der Waals surface area contributed by atoms with Gasteiger partial charge in [0.1, 0.15) is 0 Å². The molecule has 0 amide bonds. The molecule has 0 aliphatic carbocycles. The van der Waals surface area contributed by atoms with E-state index in [1.165, 1.54) is 0 Å². The second-order valence-electron chi connectivity index (χ2n) is 2.41. The van der Waals surface area contributed by atoms with Gasteiger partial charge in [-0.25, -0.2) is 0 Å². The highest BCUT2D eigenvalue weighted by Crippen LogP contribution is 2.10. The zero-order valence-corrected chi connectivity index (χ0v) is 5.41. The van der Waals surface area contributed by atoms with E-state index in [0.717, 1.165) is 13.1 Å². The topological polar surface area (TPSA) is 60.8 Å². The summed E-state index contributed by atoms with van der Waals surface area (Å²) in [5.41, 5.74) is 8.07. The van der Waals surface area contributed by atoms with Gasteiger partial charge in [0.25, 0.3) is 0 Å². The molecule has 0 aromatic carbocycles. The van der Waals surface area contributed by atoms with Gasteiger partial charge in [-0.2, -0.15) is 0 Å². The lowest BCUT2D eigenvalue weighted by Crippen LogP contribution is -2.12. The zero-order valence-electron chi connectivity index (χ0n) is 5.41. The van der Waals surface area contributed by atoms with Crippen LogP contribution in [0.15, 0.2) is 5.11 Å². The van der Waals surface area contributed by atoms with Crippen LogP contribution in [0.1, 0.15) is 6.92 Å². The summed E-state index contributed by atoms with van der Waals surface area (Å²) in [5, 5.41) is 6.76. The Balaban J connectivity index is 2.49. The fourth-order valence-electron chi connectivity index (χ4n) is 1.02. The Kier molecular flexibility index (Phi) is 1.92. The maximum atomic E-state index is 8.07. The molecule has 1 fully saturated rings. The van der Waals surface area contributed by atoms with Crippen molar-refractivity contribution in [2.75, 3.05) is 13.1 Å². The van der Waals surface area contributed by atoms with E-state index in [1.807, 2.05) is 0 Å². The number of hydrogen-bond donors (Lipinski definition) is 1. The van der Waals surface area contributed by atoms with Crippen LogP contribution in [0.2, 0.25) is 0 Å². The Hall–Kier alpha value is -0.730. The minimum atomic E-state index is 0.176. The Labute approximate surface area is 53.9 Å². The summed E-state index contributed by atoms with van der Waals surface area (Å²) >= 11 is 0. The molecule has 0 spiro atoms. The molecule has 4 heteroatoms. The van der Waals surface area contributed by atoms with Crippen molar-refractivity contribution in [3.8, 4) is 0 Å². The molecule has 1 rings (SSSR count). The molecule has 1 N–H and O–H groups in total. The van der Waals surface area contributed by atoms with Crippen molar-refractivity contribution in [1.29, 1.82) is 0 Å². The van der Waals surface area contributed by atoms with E-state index in [1.54, 1.807) is 0 Å². The molecular weight excluding hydrogens is 116 g/mol. The fourth-order valence-corrected chi connectivity index (χ4v) is 1.02. The number of nitrogens with one attached hydrogen (secondary N) is 1. The predicted molar refractivity (Wildman–Crippen MR) is 35.0 cm³/mol. The van der Waals surface area contributed by atoms with Gasteiger partial charge in [-0.05, 0) is 18.0 Å². The summed E-state index contributed by atoms with van der Waals surface area (Å²) in [6, 6.07) is 0.176. The molecule has 1 saturated heterocycles. The Morgan fingerprint density at radius 1 is 1.67 bits per heavy atom. The van der Waals surface area contributed by atoms with Crippen LogP contribution >= 0.6 is 0 Å². The number of nitrogens with zero attached hydrogens (tertiary/aromatic N) is 3. The van der Waals surface area contributed by atoms with Crippen LogP contribution in [0.3, 0.4) is 0 Å². The molecule has 0 aromatic heterocycles. The lowest BCUT2D eigenvalue weighted by molar-refractivity contribution is 0.563. The molecule has 1 aliphatic heterocycles. The van der Waals surface area contributed by atoms with Crippen molar-refractivity contribution in [3.05, 3.63) is 10.4 Å². The zero-order chi connectivity index (χ0) is 6.69. The van der Waals surface area contributed by atoms with Crippen molar-refractivity contribution < 1.29 is 0 Å². The van der Waals surface area contributed by atoms with Crippen molar-refractivity contribution >= 4 is 0 Å². The summed E-state index contributed by atoms with van der Waals surface area (Å²) < 4.78 is 0. The molecule has 9 heavy (non-hydrogen) atoms. The third-order valence-electron chi connectivity index (χ3n) is 1.68. The molecule has 0 saturated carbocycles. The highest BCUT2D eigenvalue weighted by atomic mass is 15.2. The Morgan fingerprint density at radius 3 is 2.89 bits per heavy atom. The highest BCUT2D eigenvalue weighted by molar-refractivity contribution is 4.83. The van der Waals surface area contributed by atoms with Gasteiger partial charge >= 0.3 is 0 Å². The van der Waals surface area contributed by atoms with Gasteiger partial charge in [0.2, 0.25) is 0 Å². The van der Waals surface area contributed by atoms with Crippen molar-refractivity contribution in [1.82, 2.24) is 5.32 Å². The molecule has 1 aliphatic rings. The first-order chi connectivity index (χ1) is 4.34. The van der Waals surface area contributed by atoms with Crippen LogP contribution < -0.4 is 5.32 Å². The van der Waals surface area contributed by atoms with Crippen LogP contribution in [0.25, 0.3) is 10.4 Å². The minimum Gasteiger partial charge on any atom is -0.316 e. The van der Waals surface area contributed by atoms with Gasteiger partial charge < -0.3 is 5.32 Å². The first-order valence-corrected chi connectivity index (χ1v) is 3.09. The predicted octanol–water partition coefficient (Wildman–Crippen LogP) is 0.905. The van der Waals surface area contributed by atoms with Crippen LogP contribution in [-0.2, 0) is 0 Å². The maximum absolute atomic E-state index is 8.07. The van der Waals surface area contributed by atoms with Gasteiger partial charge in [-0.3, -0.25) is 0 Å². The van der Waals surface area contributed by atoms with Crippen LogP contribution in [-0.4, -0.2) is 19.1 Å². The van der Waals surface area contributed by atoms with Crippen LogP contribution in [0.5, 0.6) is 0 Å². The van der Waals surface area contributed by atoms with Gasteiger partial charge in [0, 0.05) is 11.5 Å². The van der Waals surface area contributed by atoms with Crippen LogP contribution in [0, 0.1) is 5.92 Å². The van der Waals surface area contributed by atoms with Gasteiger partial charge in [0.15, 0.2) is 0 Å². The normalized spacial score (nSPS) is 33.9. The largest absolute Gasteiger partial charge is 0.316 e. The number of azide groups is 1. The van der Waals surface area contributed by atoms with Crippen molar-refractivity contribution in [2.24, 2.45) is 11.0 Å². The molecular formula is C5H10N4. The third kappa shape index (κ3) is 1.34. The van der Waals surface area contributed by atoms with Crippen LogP contribution in [0.4, 0.5) is 0 Å². The Bertz CT molecular complexity index is 138. The van der Waals surface area contributed by atoms with E-state index < -0.39 is 0 Å². The first-order valence-electron chi connectivity index (χ1n) is 3.09. The lowest BCUT2D eigenvalue weighted by Gasteiger charge is -2.03. The molecule has 2 atom stereocenters. The smallest absolute Gasteiger partial charge is 0.0536 e. The second kappa shape index (κ2) is 2.71. The number of rotatable bonds is 1. The van der Waals surface area contributed by atoms with Crippen molar-refractivity contribution in [2.45, 2.75) is 13.0 Å². The maximum Gasteiger partial charge on any atom is 0.0536 e. The summed E-state index contributed by atoms with van der Waals surface area (Å²) in [6.07, 6.45) is 0. The van der Waals surface area contributed by atoms with E-state index in [2.05, 4.69) is 22.3 Å². The molecule has 0 aromatic rings. The lowest BCUT2D eigenvalue weighted by atomic mass is 10.1. The monoisotopic (exact) mass is 126 g/mol. The van der Waals surface area contributed by atoms with Gasteiger partial charge in [-0.15, -0.1) is 0 Å². The van der Waals surface area contributed by atoms with E-state index in [4.69, 9.17) is 5.53 Å². The standard InChI is InChI=1S/C5H10N4/c1-4-2-7-3-5(4)8-9-6/h4-5,7H,2-3H2,1H3. The SMILES string of the molecule is CC1CNCC1N=[N+]=[N-]. The summed E-state index contributed by atoms with van der Waals surface area (Å²) in [5.74, 6) is 0.501. The number of hydrogen-bond acceptors (Lipinski definition) is 2. The minimum absolute atomic E-state index is 0.176. The molecule has 0 bridgehead atoms. The van der Waals surface area contributed by atoms with E-state index in [0.29, 0.717) is 5.92 Å². The van der Waals surface area contributed by atoms with Crippen molar-refractivity contribution in [3.63, 3.8) is 0 Å². The average Bonchev–Trinajstić information content (AvgIpc) is 2.18. The molecule has 1 heterocycles. The molecule has 4 nitrogen and oxygen atoms in total. The Morgan fingerprint density at radius 2 is 2.44 bits per heavy atom. The third-order valence-corrected chi connectivity index (χ3v) is 1.68. The van der Waals surface area contributed by atoms with E-state index >= 15 is 0 Å².